The maximum absolute atomic E-state index is 15.2. The number of aliphatic hydroxyl groups is 1. The first-order valence-corrected chi connectivity index (χ1v) is 13.5. The molecule has 12 nitrogen and oxygen atoms in total. The zero-order valence-corrected chi connectivity index (χ0v) is 23.9. The zero-order valence-electron chi connectivity index (χ0n) is 23.9. The summed E-state index contributed by atoms with van der Waals surface area (Å²) < 4.78 is 23.3. The minimum Gasteiger partial charge on any atom is -0.453 e. The highest BCUT2D eigenvalue weighted by Crippen LogP contribution is 2.34. The van der Waals surface area contributed by atoms with Crippen molar-refractivity contribution < 1.29 is 19.0 Å². The molecule has 3 heterocycles. The van der Waals surface area contributed by atoms with Crippen LogP contribution in [0.15, 0.2) is 70.5 Å². The van der Waals surface area contributed by atoms with Gasteiger partial charge in [0.05, 0.1) is 12.3 Å². The summed E-state index contributed by atoms with van der Waals surface area (Å²) in [7, 11) is 0. The summed E-state index contributed by atoms with van der Waals surface area (Å²) in [5, 5.41) is 22.4. The molecule has 0 fully saturated rings. The van der Waals surface area contributed by atoms with Crippen LogP contribution in [0.2, 0.25) is 0 Å². The van der Waals surface area contributed by atoms with E-state index in [1.54, 1.807) is 51.1 Å². The van der Waals surface area contributed by atoms with Crippen LogP contribution in [0.4, 0.5) is 15.9 Å². The van der Waals surface area contributed by atoms with E-state index < -0.39 is 23.0 Å². The minimum absolute atomic E-state index is 0.0701. The highest BCUT2D eigenvalue weighted by Gasteiger charge is 2.21. The first kappa shape index (κ1) is 29.2. The number of fused-ring (bicyclic) bond motifs is 1. The Hall–Kier alpha value is -5.30. The summed E-state index contributed by atoms with van der Waals surface area (Å²) in [5.41, 5.74) is 0.0607. The van der Waals surface area contributed by atoms with Crippen molar-refractivity contribution in [3.05, 3.63) is 98.7 Å². The number of anilines is 2. The van der Waals surface area contributed by atoms with Crippen LogP contribution in [0.3, 0.4) is 0 Å². The number of rotatable bonds is 9. The van der Waals surface area contributed by atoms with Crippen LogP contribution in [0.1, 0.15) is 42.7 Å². The van der Waals surface area contributed by atoms with Gasteiger partial charge < -0.3 is 20.5 Å². The van der Waals surface area contributed by atoms with Gasteiger partial charge in [0.15, 0.2) is 23.0 Å². The van der Waals surface area contributed by atoms with Crippen LogP contribution < -0.4 is 26.6 Å². The van der Waals surface area contributed by atoms with Crippen molar-refractivity contribution in [3.8, 4) is 17.2 Å². The Balaban J connectivity index is 1.44. The summed E-state index contributed by atoms with van der Waals surface area (Å²) >= 11 is 0. The third-order valence-electron chi connectivity index (χ3n) is 6.70. The number of amides is 1. The number of carbonyl (C=O) groups excluding carboxylic acids is 1. The predicted octanol–water partition coefficient (Wildman–Crippen LogP) is 4.14. The number of pyridine rings is 1. The van der Waals surface area contributed by atoms with E-state index in [1.807, 2.05) is 6.92 Å². The van der Waals surface area contributed by atoms with E-state index in [1.165, 1.54) is 29.1 Å². The largest absolute Gasteiger partial charge is 0.453 e. The van der Waals surface area contributed by atoms with Crippen molar-refractivity contribution in [1.29, 1.82) is 0 Å². The van der Waals surface area contributed by atoms with Crippen molar-refractivity contribution in [2.45, 2.75) is 39.8 Å². The molecule has 43 heavy (non-hydrogen) atoms. The smallest absolute Gasteiger partial charge is 0.335 e. The lowest BCUT2D eigenvalue weighted by Crippen LogP contribution is -2.42. The van der Waals surface area contributed by atoms with Gasteiger partial charge in [-0.2, -0.15) is 5.10 Å². The van der Waals surface area contributed by atoms with Crippen molar-refractivity contribution in [2.75, 3.05) is 17.2 Å². The van der Waals surface area contributed by atoms with E-state index in [0.29, 0.717) is 22.5 Å². The number of aromatic nitrogens is 5. The highest BCUT2D eigenvalue weighted by atomic mass is 19.1. The number of aromatic amines is 1. The molecule has 0 radical (unpaired) electrons. The van der Waals surface area contributed by atoms with Crippen LogP contribution in [-0.2, 0) is 0 Å². The Kier molecular flexibility index (Phi) is 8.08. The number of aliphatic hydroxyl groups excluding tert-OH is 1. The molecular formula is C30H30FN7O5. The molecule has 2 aromatic carbocycles. The Morgan fingerprint density at radius 3 is 2.51 bits per heavy atom. The lowest BCUT2D eigenvalue weighted by molar-refractivity contribution is 0.102. The Bertz CT molecular complexity index is 1930. The number of nitrogens with one attached hydrogen (secondary N) is 3. The van der Waals surface area contributed by atoms with Gasteiger partial charge in [-0.1, -0.05) is 17.7 Å². The second kappa shape index (κ2) is 11.9. The SMILES string of the molecule is Cc1ccc(-n2c(=O)c(C(=O)Nc3ccc(Oc4ccnc5[nH]nc(N[C@H](C)CO)c45)c(F)c3)cn(C(C)C)c2=O)cc1. The average molecular weight is 588 g/mol. The maximum atomic E-state index is 15.2. The first-order valence-electron chi connectivity index (χ1n) is 13.5. The maximum Gasteiger partial charge on any atom is 0.335 e. The van der Waals surface area contributed by atoms with Gasteiger partial charge in [-0.05, 0) is 52.0 Å². The van der Waals surface area contributed by atoms with Crippen LogP contribution in [0.5, 0.6) is 11.5 Å². The standard InChI is InChI=1S/C30H30FN7O5/c1-16(2)37-14-21(29(41)38(30(37)42)20-8-5-17(3)6-9-20)28(40)34-19-7-10-23(22(31)13-19)43-24-11-12-32-26-25(24)27(36-35-26)33-18(4)15-39/h5-14,16,18,39H,15H2,1-4H3,(H,34,40)(H2,32,33,35,36)/t18-/m1/s1. The number of H-pyrrole nitrogens is 1. The Labute approximate surface area is 244 Å². The number of aryl methyl sites for hydroxylation is 1. The lowest BCUT2D eigenvalue weighted by Gasteiger charge is -2.16. The summed E-state index contributed by atoms with van der Waals surface area (Å²) in [6.45, 7) is 7.02. The molecule has 0 unspecified atom stereocenters. The fourth-order valence-corrected chi connectivity index (χ4v) is 4.39. The topological polar surface area (TPSA) is 156 Å². The number of nitrogens with zero attached hydrogens (tertiary/aromatic N) is 4. The molecule has 0 saturated heterocycles. The van der Waals surface area contributed by atoms with Crippen molar-refractivity contribution in [2.24, 2.45) is 0 Å². The molecule has 13 heteroatoms. The van der Waals surface area contributed by atoms with E-state index in [9.17, 15) is 19.5 Å². The van der Waals surface area contributed by atoms with Gasteiger partial charge >= 0.3 is 5.69 Å². The van der Waals surface area contributed by atoms with Gasteiger partial charge in [0, 0.05) is 42.3 Å². The molecule has 0 aliphatic heterocycles. The summed E-state index contributed by atoms with van der Waals surface area (Å²) in [5.74, 6) is -1.09. The van der Waals surface area contributed by atoms with Crippen LogP contribution in [-0.4, -0.2) is 48.0 Å². The molecule has 5 aromatic rings. The fourth-order valence-electron chi connectivity index (χ4n) is 4.39. The third-order valence-corrected chi connectivity index (χ3v) is 6.70. The fraction of sp³-hybridized carbons (Fsp3) is 0.233. The highest BCUT2D eigenvalue weighted by molar-refractivity contribution is 6.04. The quantitative estimate of drug-likeness (QED) is 0.201. The molecule has 4 N–H and O–H groups in total. The van der Waals surface area contributed by atoms with Gasteiger partial charge in [-0.25, -0.2) is 18.7 Å². The first-order chi connectivity index (χ1) is 20.6. The predicted molar refractivity (Wildman–Crippen MR) is 160 cm³/mol. The van der Waals surface area contributed by atoms with Crippen LogP contribution in [0, 0.1) is 12.7 Å². The lowest BCUT2D eigenvalue weighted by atomic mass is 10.2. The molecule has 0 aliphatic carbocycles. The van der Waals surface area contributed by atoms with Gasteiger partial charge in [0.2, 0.25) is 0 Å². The number of hydrogen-bond acceptors (Lipinski definition) is 8. The second-order valence-electron chi connectivity index (χ2n) is 10.3. The molecule has 1 atom stereocenters. The molecule has 0 spiro atoms. The number of hydrogen-bond donors (Lipinski definition) is 4. The Morgan fingerprint density at radius 2 is 1.84 bits per heavy atom. The molecule has 1 amide bonds. The Morgan fingerprint density at radius 1 is 1.09 bits per heavy atom. The second-order valence-corrected chi connectivity index (χ2v) is 10.3. The summed E-state index contributed by atoms with van der Waals surface area (Å²) in [6, 6.07) is 11.5. The van der Waals surface area contributed by atoms with Crippen molar-refractivity contribution in [3.63, 3.8) is 0 Å². The van der Waals surface area contributed by atoms with E-state index >= 15 is 4.39 Å². The van der Waals surface area contributed by atoms with Crippen molar-refractivity contribution >= 4 is 28.4 Å². The van der Waals surface area contributed by atoms with Gasteiger partial charge in [0.25, 0.3) is 11.5 Å². The normalized spacial score (nSPS) is 12.0. The third kappa shape index (κ3) is 5.88. The van der Waals surface area contributed by atoms with Crippen LogP contribution in [0.25, 0.3) is 16.7 Å². The monoisotopic (exact) mass is 587 g/mol. The van der Waals surface area contributed by atoms with E-state index in [4.69, 9.17) is 4.74 Å². The summed E-state index contributed by atoms with van der Waals surface area (Å²) in [6.07, 6.45) is 2.69. The van der Waals surface area contributed by atoms with E-state index in [-0.39, 0.29) is 41.4 Å². The average Bonchev–Trinajstić information content (AvgIpc) is 3.38. The van der Waals surface area contributed by atoms with Crippen LogP contribution >= 0.6 is 0 Å². The van der Waals surface area contributed by atoms with E-state index in [2.05, 4.69) is 25.8 Å². The number of ether oxygens (including phenoxy) is 1. The molecule has 222 valence electrons. The molecule has 3 aromatic heterocycles. The van der Waals surface area contributed by atoms with E-state index in [0.717, 1.165) is 16.2 Å². The molecular weight excluding hydrogens is 557 g/mol. The van der Waals surface area contributed by atoms with Gasteiger partial charge in [0.1, 0.15) is 16.7 Å². The summed E-state index contributed by atoms with van der Waals surface area (Å²) in [4.78, 5) is 44.0. The number of carbonyl (C=O) groups is 1. The molecule has 0 bridgehead atoms. The van der Waals surface area contributed by atoms with Crippen molar-refractivity contribution in [1.82, 2.24) is 24.3 Å². The molecule has 0 aliphatic rings. The zero-order chi connectivity index (χ0) is 30.8. The van der Waals surface area contributed by atoms with Gasteiger partial charge in [-0.15, -0.1) is 0 Å². The van der Waals surface area contributed by atoms with Gasteiger partial charge in [-0.3, -0.25) is 19.3 Å². The minimum atomic E-state index is -0.809. The number of halogens is 1. The molecule has 0 saturated carbocycles. The molecule has 5 rings (SSSR count). The number of benzene rings is 2.